The average molecular weight is 417 g/mol. The average Bonchev–Trinajstić information content (AvgIpc) is 3.05. The zero-order chi connectivity index (χ0) is 21.2. The van der Waals surface area contributed by atoms with Crippen molar-refractivity contribution in [3.8, 4) is 5.75 Å². The molecule has 9 heteroatoms. The summed E-state index contributed by atoms with van der Waals surface area (Å²) in [5.74, 6) is -0.525. The quantitative estimate of drug-likeness (QED) is 0.745. The fourth-order valence-electron chi connectivity index (χ4n) is 3.30. The fourth-order valence-corrected chi connectivity index (χ4v) is 4.11. The van der Waals surface area contributed by atoms with Gasteiger partial charge in [0.15, 0.2) is 0 Å². The molecule has 2 aromatic rings. The third-order valence-electron chi connectivity index (χ3n) is 4.71. The van der Waals surface area contributed by atoms with Crippen molar-refractivity contribution in [1.82, 2.24) is 0 Å². The van der Waals surface area contributed by atoms with E-state index in [4.69, 9.17) is 9.88 Å². The van der Waals surface area contributed by atoms with Crippen molar-refractivity contribution in [3.63, 3.8) is 0 Å². The van der Waals surface area contributed by atoms with E-state index in [1.54, 1.807) is 42.2 Å². The first kappa shape index (κ1) is 20.8. The second-order valence-corrected chi connectivity index (χ2v) is 8.35. The summed E-state index contributed by atoms with van der Waals surface area (Å²) >= 11 is 0. The van der Waals surface area contributed by atoms with Crippen LogP contribution in [0.25, 0.3) is 0 Å². The first-order valence-corrected chi connectivity index (χ1v) is 10.7. The molecule has 8 nitrogen and oxygen atoms in total. The van der Waals surface area contributed by atoms with E-state index < -0.39 is 15.9 Å². The Morgan fingerprint density at radius 3 is 2.69 bits per heavy atom. The van der Waals surface area contributed by atoms with Crippen LogP contribution >= 0.6 is 0 Å². The van der Waals surface area contributed by atoms with Crippen molar-refractivity contribution in [2.75, 3.05) is 23.4 Å². The molecule has 0 aliphatic carbocycles. The van der Waals surface area contributed by atoms with Crippen LogP contribution in [0.4, 0.5) is 11.4 Å². The van der Waals surface area contributed by atoms with Gasteiger partial charge in [-0.15, -0.1) is 0 Å². The van der Waals surface area contributed by atoms with Gasteiger partial charge in [-0.3, -0.25) is 9.59 Å². The molecule has 0 bridgehead atoms. The van der Waals surface area contributed by atoms with E-state index in [0.29, 0.717) is 29.3 Å². The van der Waals surface area contributed by atoms with Gasteiger partial charge in [0.2, 0.25) is 21.8 Å². The number of nitrogens with one attached hydrogen (secondary N) is 1. The van der Waals surface area contributed by atoms with E-state index in [1.165, 1.54) is 6.07 Å². The summed E-state index contributed by atoms with van der Waals surface area (Å²) in [7, 11) is -3.90. The van der Waals surface area contributed by atoms with Crippen LogP contribution in [0.3, 0.4) is 0 Å². The van der Waals surface area contributed by atoms with Crippen molar-refractivity contribution >= 4 is 33.2 Å². The molecule has 0 spiro atoms. The van der Waals surface area contributed by atoms with Crippen LogP contribution < -0.4 is 20.1 Å². The van der Waals surface area contributed by atoms with Crippen molar-refractivity contribution in [1.29, 1.82) is 0 Å². The van der Waals surface area contributed by atoms with Crippen LogP contribution in [0.5, 0.6) is 5.75 Å². The van der Waals surface area contributed by atoms with E-state index in [9.17, 15) is 18.0 Å². The van der Waals surface area contributed by atoms with Crippen LogP contribution in [0.2, 0.25) is 0 Å². The Balaban J connectivity index is 1.77. The number of carbonyl (C=O) groups excluding carboxylic acids is 2. The topological polar surface area (TPSA) is 119 Å². The Labute approximate surface area is 169 Å². The summed E-state index contributed by atoms with van der Waals surface area (Å²) in [5, 5.41) is 7.90. The number of ether oxygens (including phenoxy) is 1. The standard InChI is InChI=1S/C20H23N3O5S/c1-3-28-17-7-5-4-6-16(17)23-12-14(10-19(23)24)20(25)22-15-9-8-13(2)18(11-15)29(21,26)27/h4-9,11,14H,3,10,12H2,1-2H3,(H,22,25)(H2,21,26,27)/t14-/m1/s1. The monoisotopic (exact) mass is 417 g/mol. The molecule has 1 saturated heterocycles. The van der Waals surface area contributed by atoms with Gasteiger partial charge in [0, 0.05) is 18.7 Å². The molecule has 3 N–H and O–H groups in total. The molecule has 1 atom stereocenters. The van der Waals surface area contributed by atoms with Crippen LogP contribution in [0.1, 0.15) is 18.9 Å². The van der Waals surface area contributed by atoms with Gasteiger partial charge < -0.3 is 15.0 Å². The summed E-state index contributed by atoms with van der Waals surface area (Å²) in [4.78, 5) is 26.7. The number of para-hydroxylation sites is 2. The van der Waals surface area contributed by atoms with E-state index in [-0.39, 0.29) is 29.7 Å². The Bertz CT molecular complexity index is 1050. The van der Waals surface area contributed by atoms with Crippen LogP contribution in [0.15, 0.2) is 47.4 Å². The van der Waals surface area contributed by atoms with Gasteiger partial charge >= 0.3 is 0 Å². The number of nitrogens with zero attached hydrogens (tertiary/aromatic N) is 1. The number of amides is 2. The molecule has 1 aliphatic heterocycles. The van der Waals surface area contributed by atoms with Gasteiger partial charge in [0.05, 0.1) is 23.1 Å². The number of benzene rings is 2. The lowest BCUT2D eigenvalue weighted by molar-refractivity contribution is -0.122. The van der Waals surface area contributed by atoms with Gasteiger partial charge in [-0.2, -0.15) is 0 Å². The van der Waals surface area contributed by atoms with E-state index in [2.05, 4.69) is 5.32 Å². The highest BCUT2D eigenvalue weighted by atomic mass is 32.2. The third-order valence-corrected chi connectivity index (χ3v) is 5.77. The normalized spacial score (nSPS) is 16.7. The minimum Gasteiger partial charge on any atom is -0.492 e. The minimum absolute atomic E-state index is 0.0509. The molecule has 0 unspecified atom stereocenters. The highest BCUT2D eigenvalue weighted by Crippen LogP contribution is 2.33. The van der Waals surface area contributed by atoms with Crippen molar-refractivity contribution < 1.29 is 22.7 Å². The number of hydrogen-bond donors (Lipinski definition) is 2. The van der Waals surface area contributed by atoms with Crippen molar-refractivity contribution in [2.24, 2.45) is 11.1 Å². The SMILES string of the molecule is CCOc1ccccc1N1C[C@H](C(=O)Nc2ccc(C)c(S(N)(=O)=O)c2)CC1=O. The number of nitrogens with two attached hydrogens (primary N) is 1. The molecule has 1 heterocycles. The summed E-state index contributed by atoms with van der Waals surface area (Å²) in [6, 6.07) is 11.7. The Morgan fingerprint density at radius 1 is 1.28 bits per heavy atom. The summed E-state index contributed by atoms with van der Waals surface area (Å²) in [5.41, 5.74) is 1.42. The summed E-state index contributed by atoms with van der Waals surface area (Å²) < 4.78 is 28.9. The summed E-state index contributed by atoms with van der Waals surface area (Å²) in [6.07, 6.45) is 0.0558. The smallest absolute Gasteiger partial charge is 0.238 e. The van der Waals surface area contributed by atoms with Crippen molar-refractivity contribution in [2.45, 2.75) is 25.2 Å². The largest absolute Gasteiger partial charge is 0.492 e. The van der Waals surface area contributed by atoms with Gasteiger partial charge in [-0.05, 0) is 43.7 Å². The molecular weight excluding hydrogens is 394 g/mol. The van der Waals surface area contributed by atoms with Gasteiger partial charge in [-0.1, -0.05) is 18.2 Å². The molecule has 29 heavy (non-hydrogen) atoms. The number of carbonyl (C=O) groups is 2. The Kier molecular flexibility index (Phi) is 5.90. The molecule has 154 valence electrons. The van der Waals surface area contributed by atoms with E-state index in [0.717, 1.165) is 0 Å². The Morgan fingerprint density at radius 2 is 2.00 bits per heavy atom. The zero-order valence-corrected chi connectivity index (χ0v) is 17.0. The van der Waals surface area contributed by atoms with Gasteiger partial charge in [-0.25, -0.2) is 13.6 Å². The highest BCUT2D eigenvalue weighted by Gasteiger charge is 2.36. The minimum atomic E-state index is -3.90. The third kappa shape index (κ3) is 4.57. The van der Waals surface area contributed by atoms with Crippen LogP contribution in [-0.4, -0.2) is 33.4 Å². The number of rotatable bonds is 6. The Hall–Kier alpha value is -2.91. The highest BCUT2D eigenvalue weighted by molar-refractivity contribution is 7.89. The molecular formula is C20H23N3O5S. The number of aryl methyl sites for hydroxylation is 1. The molecule has 1 aliphatic rings. The van der Waals surface area contributed by atoms with Crippen LogP contribution in [0, 0.1) is 12.8 Å². The lowest BCUT2D eigenvalue weighted by Gasteiger charge is -2.20. The lowest BCUT2D eigenvalue weighted by atomic mass is 10.1. The molecule has 2 aromatic carbocycles. The number of anilines is 2. The maximum Gasteiger partial charge on any atom is 0.238 e. The van der Waals surface area contributed by atoms with Crippen molar-refractivity contribution in [3.05, 3.63) is 48.0 Å². The van der Waals surface area contributed by atoms with Gasteiger partial charge in [0.25, 0.3) is 0 Å². The predicted molar refractivity (Wildman–Crippen MR) is 109 cm³/mol. The molecule has 0 saturated carbocycles. The first-order chi connectivity index (χ1) is 13.7. The molecule has 3 rings (SSSR count). The summed E-state index contributed by atoms with van der Waals surface area (Å²) in [6.45, 7) is 4.15. The lowest BCUT2D eigenvalue weighted by Crippen LogP contribution is -2.28. The predicted octanol–water partition coefficient (Wildman–Crippen LogP) is 2.03. The molecule has 0 radical (unpaired) electrons. The van der Waals surface area contributed by atoms with E-state index in [1.807, 2.05) is 13.0 Å². The number of sulfonamides is 1. The maximum atomic E-state index is 12.7. The fraction of sp³-hybridized carbons (Fsp3) is 0.300. The first-order valence-electron chi connectivity index (χ1n) is 9.17. The molecule has 2 amide bonds. The van der Waals surface area contributed by atoms with Gasteiger partial charge in [0.1, 0.15) is 5.75 Å². The molecule has 1 fully saturated rings. The maximum absolute atomic E-state index is 12.7. The second kappa shape index (κ2) is 8.22. The number of hydrogen-bond acceptors (Lipinski definition) is 5. The molecule has 0 aromatic heterocycles. The second-order valence-electron chi connectivity index (χ2n) is 6.82. The van der Waals surface area contributed by atoms with E-state index >= 15 is 0 Å². The number of primary sulfonamides is 1. The van der Waals surface area contributed by atoms with Crippen LogP contribution in [-0.2, 0) is 19.6 Å². The zero-order valence-electron chi connectivity index (χ0n) is 16.2.